The predicted molar refractivity (Wildman–Crippen MR) is 134 cm³/mol. The minimum atomic E-state index is -1.12. The van der Waals surface area contributed by atoms with Crippen LogP contribution in [0.2, 0.25) is 0 Å². The van der Waals surface area contributed by atoms with Gasteiger partial charge in [-0.3, -0.25) is 4.79 Å². The number of nitrogens with zero attached hydrogens (tertiary/aromatic N) is 1. The fourth-order valence-electron chi connectivity index (χ4n) is 4.32. The molecule has 0 bridgehead atoms. The maximum absolute atomic E-state index is 12.5. The lowest BCUT2D eigenvalue weighted by molar-refractivity contribution is -0.143. The lowest BCUT2D eigenvalue weighted by Crippen LogP contribution is -2.44. The van der Waals surface area contributed by atoms with Crippen LogP contribution in [0.1, 0.15) is 58.4 Å². The van der Waals surface area contributed by atoms with E-state index in [9.17, 15) is 19.5 Å². The summed E-state index contributed by atoms with van der Waals surface area (Å²) in [5, 5.41) is 11.6. The highest BCUT2D eigenvalue weighted by atomic mass is 32.1. The minimum absolute atomic E-state index is 0. The Morgan fingerprint density at radius 2 is 1.97 bits per heavy atom. The van der Waals surface area contributed by atoms with Gasteiger partial charge in [0.1, 0.15) is 11.8 Å². The Morgan fingerprint density at radius 3 is 2.58 bits per heavy atom. The molecule has 1 saturated heterocycles. The van der Waals surface area contributed by atoms with Gasteiger partial charge in [-0.05, 0) is 56.5 Å². The second kappa shape index (κ2) is 12.8. The molecule has 1 heterocycles. The van der Waals surface area contributed by atoms with Crippen LogP contribution in [0.4, 0.5) is 0 Å². The second-order valence-corrected chi connectivity index (χ2v) is 9.15. The van der Waals surface area contributed by atoms with Crippen molar-refractivity contribution in [2.24, 2.45) is 5.92 Å². The monoisotopic (exact) mass is 478 g/mol. The fourth-order valence-corrected chi connectivity index (χ4v) is 4.32. The van der Waals surface area contributed by atoms with Crippen molar-refractivity contribution in [1.82, 2.24) is 10.2 Å². The molecule has 184 valence electrons. The summed E-state index contributed by atoms with van der Waals surface area (Å²) in [6, 6.07) is 6.58. The summed E-state index contributed by atoms with van der Waals surface area (Å²) in [6.45, 7) is 11.3. The SMILES string of the molecule is C=C(CC(=O)N[C@H](C(=O)O)C(C)C)C(=O)Oc1cccc(C2(CC)CCCCN(C)C2)c1.S. The highest BCUT2D eigenvalue weighted by molar-refractivity contribution is 7.59. The molecule has 0 radical (unpaired) electrons. The lowest BCUT2D eigenvalue weighted by atomic mass is 9.74. The number of ether oxygens (including phenoxy) is 1. The molecular formula is C25H38N2O5S. The van der Waals surface area contributed by atoms with Crippen molar-refractivity contribution in [3.05, 3.63) is 42.0 Å². The zero-order chi connectivity index (χ0) is 23.9. The molecule has 8 heteroatoms. The summed E-state index contributed by atoms with van der Waals surface area (Å²) >= 11 is 0. The van der Waals surface area contributed by atoms with Gasteiger partial charge in [0.2, 0.25) is 5.91 Å². The van der Waals surface area contributed by atoms with E-state index >= 15 is 0 Å². The zero-order valence-corrected chi connectivity index (χ0v) is 21.1. The first-order chi connectivity index (χ1) is 15.1. The van der Waals surface area contributed by atoms with Crippen molar-refractivity contribution >= 4 is 31.3 Å². The van der Waals surface area contributed by atoms with Crippen molar-refractivity contribution in [2.75, 3.05) is 20.1 Å². The molecule has 33 heavy (non-hydrogen) atoms. The van der Waals surface area contributed by atoms with Crippen molar-refractivity contribution < 1.29 is 24.2 Å². The molecule has 0 aromatic heterocycles. The van der Waals surface area contributed by atoms with Crippen molar-refractivity contribution in [3.63, 3.8) is 0 Å². The molecule has 1 aromatic rings. The topological polar surface area (TPSA) is 95.9 Å². The van der Waals surface area contributed by atoms with Crippen molar-refractivity contribution in [2.45, 2.75) is 64.3 Å². The van der Waals surface area contributed by atoms with Crippen LogP contribution in [0.3, 0.4) is 0 Å². The summed E-state index contributed by atoms with van der Waals surface area (Å²) < 4.78 is 5.51. The smallest absolute Gasteiger partial charge is 0.339 e. The summed E-state index contributed by atoms with van der Waals surface area (Å²) in [6.07, 6.45) is 4.08. The van der Waals surface area contributed by atoms with E-state index in [-0.39, 0.29) is 36.8 Å². The van der Waals surface area contributed by atoms with Gasteiger partial charge < -0.3 is 20.1 Å². The van der Waals surface area contributed by atoms with Gasteiger partial charge in [0.25, 0.3) is 0 Å². The van der Waals surface area contributed by atoms with Crippen molar-refractivity contribution in [1.29, 1.82) is 0 Å². The van der Waals surface area contributed by atoms with Crippen molar-refractivity contribution in [3.8, 4) is 5.75 Å². The van der Waals surface area contributed by atoms with Gasteiger partial charge in [-0.1, -0.05) is 45.9 Å². The van der Waals surface area contributed by atoms with Gasteiger partial charge in [-0.2, -0.15) is 13.5 Å². The van der Waals surface area contributed by atoms with Crippen LogP contribution in [0.5, 0.6) is 5.75 Å². The highest BCUT2D eigenvalue weighted by Crippen LogP contribution is 2.37. The third kappa shape index (κ3) is 7.89. The zero-order valence-electron chi connectivity index (χ0n) is 20.1. The van der Waals surface area contributed by atoms with E-state index in [4.69, 9.17) is 4.74 Å². The quantitative estimate of drug-likeness (QED) is 0.320. The van der Waals surface area contributed by atoms with Gasteiger partial charge in [0.15, 0.2) is 0 Å². The molecule has 1 aliphatic rings. The highest BCUT2D eigenvalue weighted by Gasteiger charge is 2.33. The average Bonchev–Trinajstić information content (AvgIpc) is 2.93. The summed E-state index contributed by atoms with van der Waals surface area (Å²) in [7, 11) is 2.14. The summed E-state index contributed by atoms with van der Waals surface area (Å²) in [4.78, 5) is 38.3. The Balaban J connectivity index is 0.00000544. The largest absolute Gasteiger partial charge is 0.480 e. The second-order valence-electron chi connectivity index (χ2n) is 9.15. The minimum Gasteiger partial charge on any atom is -0.480 e. The van der Waals surface area contributed by atoms with Gasteiger partial charge >= 0.3 is 11.9 Å². The number of likely N-dealkylation sites (N-methyl/N-ethyl adjacent to an activating group) is 1. The molecule has 1 unspecified atom stereocenters. The molecular weight excluding hydrogens is 440 g/mol. The Morgan fingerprint density at radius 1 is 1.27 bits per heavy atom. The normalized spacial score (nSPS) is 19.7. The van der Waals surface area contributed by atoms with E-state index in [0.29, 0.717) is 5.75 Å². The molecule has 2 atom stereocenters. The van der Waals surface area contributed by atoms with E-state index in [1.54, 1.807) is 19.9 Å². The number of benzene rings is 1. The third-order valence-corrected chi connectivity index (χ3v) is 6.26. The van der Waals surface area contributed by atoms with Crippen LogP contribution in [0.25, 0.3) is 0 Å². The van der Waals surface area contributed by atoms with Gasteiger partial charge in [0, 0.05) is 17.5 Å². The fraction of sp³-hybridized carbons (Fsp3) is 0.560. The Kier molecular flexibility index (Phi) is 11.1. The van der Waals surface area contributed by atoms with Crippen LogP contribution in [-0.4, -0.2) is 54.0 Å². The molecule has 1 aliphatic heterocycles. The first-order valence-electron chi connectivity index (χ1n) is 11.3. The van der Waals surface area contributed by atoms with E-state index in [0.717, 1.165) is 37.9 Å². The number of carbonyl (C=O) groups is 3. The van der Waals surface area contributed by atoms with Crippen LogP contribution in [0.15, 0.2) is 36.4 Å². The number of carboxylic acid groups (broad SMARTS) is 1. The van der Waals surface area contributed by atoms with E-state index in [1.165, 1.54) is 6.42 Å². The maximum atomic E-state index is 12.5. The van der Waals surface area contributed by atoms with Crippen LogP contribution in [-0.2, 0) is 19.8 Å². The Bertz CT molecular complexity index is 857. The molecule has 1 fully saturated rings. The number of carbonyl (C=O) groups excluding carboxylic acids is 2. The molecule has 1 amide bonds. The summed E-state index contributed by atoms with van der Waals surface area (Å²) in [5.41, 5.74) is 1.12. The van der Waals surface area contributed by atoms with Crippen LogP contribution >= 0.6 is 13.5 Å². The summed E-state index contributed by atoms with van der Waals surface area (Å²) in [5.74, 6) is -2.26. The number of nitrogens with one attached hydrogen (secondary N) is 1. The number of hydrogen-bond acceptors (Lipinski definition) is 5. The number of carboxylic acids is 1. The van der Waals surface area contributed by atoms with E-state index in [1.807, 2.05) is 12.1 Å². The van der Waals surface area contributed by atoms with E-state index in [2.05, 4.69) is 36.8 Å². The molecule has 0 aliphatic carbocycles. The molecule has 2 rings (SSSR count). The van der Waals surface area contributed by atoms with Gasteiger partial charge in [-0.25, -0.2) is 9.59 Å². The number of rotatable bonds is 9. The van der Waals surface area contributed by atoms with E-state index < -0.39 is 23.9 Å². The number of amides is 1. The molecule has 2 N–H and O–H groups in total. The Hall–Kier alpha value is -2.32. The number of esters is 1. The van der Waals surface area contributed by atoms with Gasteiger partial charge in [0.05, 0.1) is 6.42 Å². The maximum Gasteiger partial charge on any atom is 0.339 e. The van der Waals surface area contributed by atoms with Gasteiger partial charge in [-0.15, -0.1) is 0 Å². The lowest BCUT2D eigenvalue weighted by Gasteiger charge is -2.35. The molecule has 0 saturated carbocycles. The van der Waals surface area contributed by atoms with Crippen LogP contribution < -0.4 is 10.1 Å². The molecule has 0 spiro atoms. The first-order valence-corrected chi connectivity index (χ1v) is 11.3. The Labute approximate surface area is 204 Å². The third-order valence-electron chi connectivity index (χ3n) is 6.26. The van der Waals surface area contributed by atoms with Crippen LogP contribution in [0, 0.1) is 5.92 Å². The number of likely N-dealkylation sites (tertiary alicyclic amines) is 1. The molecule has 7 nitrogen and oxygen atoms in total. The average molecular weight is 479 g/mol. The number of aliphatic carboxylic acids is 1. The standard InChI is InChI=1S/C25H36N2O5.H2S/c1-6-25(12-7-8-13-27(5)16-25)19-10-9-11-20(15-19)32-24(31)18(4)14-21(28)26-22(17(2)3)23(29)30;/h9-11,15,17,22H,4,6-8,12-14,16H2,1-3,5H3,(H,26,28)(H,29,30);1H2/t22-,25?;/m0./s1. The first kappa shape index (κ1) is 28.7. The predicted octanol–water partition coefficient (Wildman–Crippen LogP) is 3.64. The number of hydrogen-bond donors (Lipinski definition) is 2. The molecule has 1 aromatic carbocycles.